The normalized spacial score (nSPS) is 17.1. The minimum Gasteiger partial charge on any atom is -0.487 e. The Morgan fingerprint density at radius 1 is 1.27 bits per heavy atom. The molecule has 1 aliphatic rings. The van der Waals surface area contributed by atoms with E-state index in [2.05, 4.69) is 26.7 Å². The summed E-state index contributed by atoms with van der Waals surface area (Å²) in [4.78, 5) is 8.53. The standard InChI is InChI=1S/C20H26N4O2/c1-21-20(24-14-19-9-5-11-25-19)23-13-16-6-4-8-18(12-16)26-15-17-7-2-3-10-22-17/h2-4,6-8,10,12,19H,5,9,11,13-15H2,1H3,(H2,21,23,24). The van der Waals surface area contributed by atoms with Crippen LogP contribution >= 0.6 is 0 Å². The van der Waals surface area contributed by atoms with Gasteiger partial charge in [0.1, 0.15) is 12.4 Å². The first-order valence-corrected chi connectivity index (χ1v) is 9.01. The fourth-order valence-corrected chi connectivity index (χ4v) is 2.81. The summed E-state index contributed by atoms with van der Waals surface area (Å²) in [6, 6.07) is 13.9. The van der Waals surface area contributed by atoms with E-state index in [0.29, 0.717) is 13.2 Å². The van der Waals surface area contributed by atoms with E-state index in [4.69, 9.17) is 9.47 Å². The number of guanidine groups is 1. The third-order valence-corrected chi connectivity index (χ3v) is 4.22. The van der Waals surface area contributed by atoms with E-state index in [1.807, 2.05) is 36.4 Å². The number of aliphatic imine (C=N–C) groups is 1. The molecule has 0 bridgehead atoms. The summed E-state index contributed by atoms with van der Waals surface area (Å²) in [5.74, 6) is 1.61. The van der Waals surface area contributed by atoms with Gasteiger partial charge >= 0.3 is 0 Å². The molecule has 3 rings (SSSR count). The number of rotatable bonds is 7. The SMILES string of the molecule is CN=C(NCc1cccc(OCc2ccccn2)c1)NCC1CCCO1. The highest BCUT2D eigenvalue weighted by Gasteiger charge is 2.15. The Morgan fingerprint density at radius 2 is 2.23 bits per heavy atom. The van der Waals surface area contributed by atoms with Gasteiger partial charge in [0, 0.05) is 32.9 Å². The fraction of sp³-hybridized carbons (Fsp3) is 0.400. The third-order valence-electron chi connectivity index (χ3n) is 4.22. The Hall–Kier alpha value is -2.60. The van der Waals surface area contributed by atoms with E-state index < -0.39 is 0 Å². The topological polar surface area (TPSA) is 67.8 Å². The number of hydrogen-bond acceptors (Lipinski definition) is 4. The van der Waals surface area contributed by atoms with Gasteiger partial charge in [-0.2, -0.15) is 0 Å². The highest BCUT2D eigenvalue weighted by molar-refractivity contribution is 5.79. The van der Waals surface area contributed by atoms with Crippen LogP contribution in [0.25, 0.3) is 0 Å². The molecular weight excluding hydrogens is 328 g/mol. The van der Waals surface area contributed by atoms with Crippen LogP contribution in [0.2, 0.25) is 0 Å². The van der Waals surface area contributed by atoms with Crippen molar-refractivity contribution in [1.82, 2.24) is 15.6 Å². The minimum absolute atomic E-state index is 0.289. The zero-order chi connectivity index (χ0) is 18.0. The molecule has 6 nitrogen and oxygen atoms in total. The average Bonchev–Trinajstić information content (AvgIpc) is 3.21. The van der Waals surface area contributed by atoms with Gasteiger partial charge in [0.05, 0.1) is 11.8 Å². The molecule has 1 aromatic heterocycles. The van der Waals surface area contributed by atoms with Crippen molar-refractivity contribution >= 4 is 5.96 Å². The summed E-state index contributed by atoms with van der Waals surface area (Å²) in [5, 5.41) is 6.64. The molecule has 0 saturated carbocycles. The van der Waals surface area contributed by atoms with Crippen molar-refractivity contribution in [2.24, 2.45) is 4.99 Å². The molecule has 0 radical (unpaired) electrons. The summed E-state index contributed by atoms with van der Waals surface area (Å²) < 4.78 is 11.5. The highest BCUT2D eigenvalue weighted by Crippen LogP contribution is 2.15. The van der Waals surface area contributed by atoms with Crippen LogP contribution in [0.15, 0.2) is 53.7 Å². The van der Waals surface area contributed by atoms with Crippen LogP contribution in [0.1, 0.15) is 24.1 Å². The van der Waals surface area contributed by atoms with Gasteiger partial charge in [-0.1, -0.05) is 18.2 Å². The van der Waals surface area contributed by atoms with E-state index in [1.165, 1.54) is 0 Å². The maximum Gasteiger partial charge on any atom is 0.191 e. The minimum atomic E-state index is 0.289. The van der Waals surface area contributed by atoms with E-state index in [1.54, 1.807) is 13.2 Å². The van der Waals surface area contributed by atoms with Gasteiger partial charge in [-0.15, -0.1) is 0 Å². The average molecular weight is 354 g/mol. The summed E-state index contributed by atoms with van der Waals surface area (Å²) in [6.07, 6.45) is 4.31. The number of aromatic nitrogens is 1. The van der Waals surface area contributed by atoms with Crippen molar-refractivity contribution < 1.29 is 9.47 Å². The first-order valence-electron chi connectivity index (χ1n) is 9.01. The summed E-state index contributed by atoms with van der Waals surface area (Å²) in [5.41, 5.74) is 2.04. The van der Waals surface area contributed by atoms with Gasteiger partial charge in [0.15, 0.2) is 5.96 Å². The van der Waals surface area contributed by atoms with Crippen LogP contribution < -0.4 is 15.4 Å². The van der Waals surface area contributed by atoms with E-state index in [9.17, 15) is 0 Å². The number of pyridine rings is 1. The summed E-state index contributed by atoms with van der Waals surface area (Å²) >= 11 is 0. The van der Waals surface area contributed by atoms with E-state index in [-0.39, 0.29) is 6.10 Å². The third kappa shape index (κ3) is 5.74. The maximum absolute atomic E-state index is 5.83. The Balaban J connectivity index is 1.46. The number of nitrogens with one attached hydrogen (secondary N) is 2. The van der Waals surface area contributed by atoms with Gasteiger partial charge in [-0.3, -0.25) is 9.98 Å². The van der Waals surface area contributed by atoms with Gasteiger partial charge in [0.2, 0.25) is 0 Å². The number of benzene rings is 1. The summed E-state index contributed by atoms with van der Waals surface area (Å²) in [7, 11) is 1.78. The quantitative estimate of drug-likeness (QED) is 0.591. The molecule has 0 amide bonds. The molecule has 1 aromatic carbocycles. The molecule has 26 heavy (non-hydrogen) atoms. The Morgan fingerprint density at radius 3 is 3.00 bits per heavy atom. The number of ether oxygens (including phenoxy) is 2. The van der Waals surface area contributed by atoms with Crippen LogP contribution in [-0.2, 0) is 17.9 Å². The predicted octanol–water partition coefficient (Wildman–Crippen LogP) is 2.50. The van der Waals surface area contributed by atoms with Gasteiger partial charge in [-0.25, -0.2) is 0 Å². The summed E-state index contributed by atoms with van der Waals surface area (Å²) in [6.45, 7) is 2.78. The van der Waals surface area contributed by atoms with Crippen molar-refractivity contribution in [1.29, 1.82) is 0 Å². The lowest BCUT2D eigenvalue weighted by Crippen LogP contribution is -2.40. The van der Waals surface area contributed by atoms with Crippen molar-refractivity contribution in [2.75, 3.05) is 20.2 Å². The van der Waals surface area contributed by atoms with Crippen molar-refractivity contribution in [3.63, 3.8) is 0 Å². The molecule has 0 spiro atoms. The maximum atomic E-state index is 5.83. The second kappa shape index (κ2) is 9.77. The predicted molar refractivity (Wildman–Crippen MR) is 102 cm³/mol. The second-order valence-electron chi connectivity index (χ2n) is 6.20. The van der Waals surface area contributed by atoms with E-state index in [0.717, 1.165) is 49.0 Å². The van der Waals surface area contributed by atoms with Crippen LogP contribution in [-0.4, -0.2) is 37.2 Å². The molecule has 138 valence electrons. The van der Waals surface area contributed by atoms with E-state index >= 15 is 0 Å². The zero-order valence-corrected chi connectivity index (χ0v) is 15.1. The van der Waals surface area contributed by atoms with Gasteiger partial charge < -0.3 is 20.1 Å². The molecule has 1 aliphatic heterocycles. The smallest absolute Gasteiger partial charge is 0.191 e. The lowest BCUT2D eigenvalue weighted by atomic mass is 10.2. The monoisotopic (exact) mass is 354 g/mol. The first kappa shape index (κ1) is 18.2. The van der Waals surface area contributed by atoms with Crippen molar-refractivity contribution in [3.8, 4) is 5.75 Å². The number of hydrogen-bond donors (Lipinski definition) is 2. The Kier molecular flexibility index (Phi) is 6.84. The van der Waals surface area contributed by atoms with Gasteiger partial charge in [-0.05, 0) is 42.7 Å². The van der Waals surface area contributed by atoms with Crippen LogP contribution in [0.5, 0.6) is 5.75 Å². The van der Waals surface area contributed by atoms with Crippen LogP contribution in [0.3, 0.4) is 0 Å². The second-order valence-corrected chi connectivity index (χ2v) is 6.20. The highest BCUT2D eigenvalue weighted by atomic mass is 16.5. The molecule has 2 aromatic rings. The van der Waals surface area contributed by atoms with Gasteiger partial charge in [0.25, 0.3) is 0 Å². The Bertz CT molecular complexity index is 700. The lowest BCUT2D eigenvalue weighted by molar-refractivity contribution is 0.114. The Labute approximate surface area is 154 Å². The fourth-order valence-electron chi connectivity index (χ4n) is 2.81. The largest absolute Gasteiger partial charge is 0.487 e. The van der Waals surface area contributed by atoms with Crippen LogP contribution in [0.4, 0.5) is 0 Å². The molecule has 2 heterocycles. The molecule has 6 heteroatoms. The molecule has 1 saturated heterocycles. The number of nitrogens with zero attached hydrogens (tertiary/aromatic N) is 2. The van der Waals surface area contributed by atoms with Crippen molar-refractivity contribution in [3.05, 3.63) is 59.9 Å². The first-order chi connectivity index (χ1) is 12.8. The molecule has 1 unspecified atom stereocenters. The zero-order valence-electron chi connectivity index (χ0n) is 15.1. The molecular formula is C20H26N4O2. The lowest BCUT2D eigenvalue weighted by Gasteiger charge is -2.15. The van der Waals surface area contributed by atoms with Crippen molar-refractivity contribution in [2.45, 2.75) is 32.1 Å². The molecule has 1 fully saturated rings. The van der Waals surface area contributed by atoms with Crippen LogP contribution in [0, 0.1) is 0 Å². The molecule has 0 aliphatic carbocycles. The molecule has 2 N–H and O–H groups in total. The molecule has 1 atom stereocenters.